The van der Waals surface area contributed by atoms with Crippen molar-refractivity contribution in [3.05, 3.63) is 34.3 Å². The summed E-state index contributed by atoms with van der Waals surface area (Å²) in [7, 11) is -3.77. The Kier molecular flexibility index (Phi) is 6.25. The van der Waals surface area contributed by atoms with Gasteiger partial charge in [0.1, 0.15) is 5.78 Å². The average molecular weight is 346 g/mol. The van der Waals surface area contributed by atoms with Crippen molar-refractivity contribution >= 4 is 19.2 Å². The molecule has 21 heavy (non-hydrogen) atoms. The zero-order chi connectivity index (χ0) is 16.3. The summed E-state index contributed by atoms with van der Waals surface area (Å²) in [5, 5.41) is -0.158. The van der Waals surface area contributed by atoms with Gasteiger partial charge in [-0.1, -0.05) is 11.6 Å². The molecule has 9 heteroatoms. The van der Waals surface area contributed by atoms with Crippen LogP contribution in [0.15, 0.2) is 18.2 Å². The molecule has 1 atom stereocenters. The fraction of sp³-hybridized carbons (Fsp3) is 0.500. The summed E-state index contributed by atoms with van der Waals surface area (Å²) in [5.74, 6) is -1.35. The molecule has 0 saturated carbocycles. The molecule has 120 valence electrons. The van der Waals surface area contributed by atoms with Gasteiger partial charge < -0.3 is 14.8 Å². The fourth-order valence-corrected chi connectivity index (χ4v) is 3.56. The van der Waals surface area contributed by atoms with E-state index in [1.54, 1.807) is 13.8 Å². The molecule has 4 nitrogen and oxygen atoms in total. The van der Waals surface area contributed by atoms with E-state index in [0.29, 0.717) is 0 Å². The minimum absolute atomic E-state index is 0.0532. The van der Waals surface area contributed by atoms with Crippen LogP contribution < -0.4 is 5.73 Å². The smallest absolute Gasteiger partial charge is 0.314 e. The second-order valence-electron chi connectivity index (χ2n) is 4.09. The lowest BCUT2D eigenvalue weighted by molar-refractivity contribution is -0.137. The number of nitrogens with two attached hydrogens (primary N) is 1. The number of hydrogen-bond acceptors (Lipinski definition) is 4. The molecule has 0 bridgehead atoms. The van der Waals surface area contributed by atoms with Crippen LogP contribution in [0.5, 0.6) is 0 Å². The first kappa shape index (κ1) is 18.5. The second-order valence-corrected chi connectivity index (χ2v) is 6.68. The topological polar surface area (TPSA) is 61.5 Å². The zero-order valence-electron chi connectivity index (χ0n) is 11.5. The zero-order valence-corrected chi connectivity index (χ0v) is 13.1. The maximum atomic E-state index is 12.8. The maximum Gasteiger partial charge on any atom is 0.416 e. The molecule has 1 aromatic rings. The van der Waals surface area contributed by atoms with Crippen molar-refractivity contribution in [3.63, 3.8) is 0 Å². The van der Waals surface area contributed by atoms with Gasteiger partial charge in [0.15, 0.2) is 0 Å². The van der Waals surface area contributed by atoms with Crippen molar-refractivity contribution in [2.75, 3.05) is 13.2 Å². The van der Waals surface area contributed by atoms with Crippen molar-refractivity contribution in [3.8, 4) is 0 Å². The molecule has 0 aliphatic rings. The van der Waals surface area contributed by atoms with Gasteiger partial charge >= 0.3 is 13.8 Å². The highest BCUT2D eigenvalue weighted by Crippen LogP contribution is 2.58. The summed E-state index contributed by atoms with van der Waals surface area (Å²) in [6.07, 6.45) is -4.58. The first-order valence-corrected chi connectivity index (χ1v) is 8.15. The Morgan fingerprint density at radius 2 is 1.76 bits per heavy atom. The van der Waals surface area contributed by atoms with Gasteiger partial charge in [0, 0.05) is 5.02 Å². The third-order valence-electron chi connectivity index (χ3n) is 2.55. The molecule has 0 spiro atoms. The second kappa shape index (κ2) is 7.11. The molecule has 0 radical (unpaired) electrons. The normalized spacial score (nSPS) is 14.2. The molecule has 1 aromatic carbocycles. The highest BCUT2D eigenvalue weighted by atomic mass is 35.5. The molecule has 0 saturated heterocycles. The minimum Gasteiger partial charge on any atom is -0.314 e. The Bertz CT molecular complexity index is 529. The van der Waals surface area contributed by atoms with Gasteiger partial charge in [-0.05, 0) is 37.6 Å². The molecule has 0 fully saturated rings. The van der Waals surface area contributed by atoms with Gasteiger partial charge in [0.25, 0.3) is 0 Å². The molecular weight excluding hydrogens is 330 g/mol. The molecule has 0 unspecified atom stereocenters. The van der Waals surface area contributed by atoms with Crippen molar-refractivity contribution in [2.24, 2.45) is 5.73 Å². The van der Waals surface area contributed by atoms with Crippen LogP contribution in [0, 0.1) is 0 Å². The predicted octanol–water partition coefficient (Wildman–Crippen LogP) is 4.58. The Morgan fingerprint density at radius 1 is 1.24 bits per heavy atom. The summed E-state index contributed by atoms with van der Waals surface area (Å²) in [4.78, 5) is 0. The summed E-state index contributed by atoms with van der Waals surface area (Å²) in [5.41, 5.74) is 4.76. The van der Waals surface area contributed by atoms with E-state index in [4.69, 9.17) is 26.4 Å². The third kappa shape index (κ3) is 4.69. The van der Waals surface area contributed by atoms with Crippen LogP contribution in [0.1, 0.15) is 30.8 Å². The van der Waals surface area contributed by atoms with E-state index in [2.05, 4.69) is 0 Å². The molecule has 1 rings (SSSR count). The predicted molar refractivity (Wildman–Crippen MR) is 74.2 cm³/mol. The molecule has 0 heterocycles. The number of rotatable bonds is 6. The maximum absolute atomic E-state index is 12.8. The van der Waals surface area contributed by atoms with Gasteiger partial charge in [-0.15, -0.1) is 0 Å². The van der Waals surface area contributed by atoms with Gasteiger partial charge in [-0.2, -0.15) is 13.2 Å². The first-order valence-electron chi connectivity index (χ1n) is 6.16. The Hall–Kier alpha value is -0.590. The van der Waals surface area contributed by atoms with E-state index < -0.39 is 25.1 Å². The summed E-state index contributed by atoms with van der Waals surface area (Å²) in [6, 6.07) is 2.78. The van der Waals surface area contributed by atoms with Crippen molar-refractivity contribution in [1.82, 2.24) is 0 Å². The van der Waals surface area contributed by atoms with Crippen LogP contribution in [-0.4, -0.2) is 13.2 Å². The molecule has 0 aromatic heterocycles. The van der Waals surface area contributed by atoms with Crippen molar-refractivity contribution in [1.29, 1.82) is 0 Å². The van der Waals surface area contributed by atoms with Gasteiger partial charge in [0.2, 0.25) is 0 Å². The van der Waals surface area contributed by atoms with Crippen LogP contribution in [0.2, 0.25) is 5.02 Å². The largest absolute Gasteiger partial charge is 0.416 e. The van der Waals surface area contributed by atoms with E-state index in [-0.39, 0.29) is 23.8 Å². The Labute approximate surface area is 125 Å². The lowest BCUT2D eigenvalue weighted by atomic mass is 10.1. The van der Waals surface area contributed by atoms with E-state index >= 15 is 0 Å². The van der Waals surface area contributed by atoms with Crippen LogP contribution in [0.4, 0.5) is 13.2 Å². The lowest BCUT2D eigenvalue weighted by Crippen LogP contribution is -2.16. The number of halogens is 4. The highest BCUT2D eigenvalue weighted by molar-refractivity contribution is 7.54. The number of alkyl halides is 3. The van der Waals surface area contributed by atoms with Crippen LogP contribution in [0.25, 0.3) is 0 Å². The molecule has 0 amide bonds. The number of hydrogen-bond donors (Lipinski definition) is 1. The average Bonchev–Trinajstić information content (AvgIpc) is 2.36. The molecular formula is C12H16ClF3NO3P. The van der Waals surface area contributed by atoms with Crippen LogP contribution in [0.3, 0.4) is 0 Å². The minimum atomic E-state index is -4.58. The molecule has 2 N–H and O–H groups in total. The first-order chi connectivity index (χ1) is 9.64. The van der Waals surface area contributed by atoms with Gasteiger partial charge in [-0.3, -0.25) is 4.57 Å². The molecule has 0 aliphatic heterocycles. The van der Waals surface area contributed by atoms with Gasteiger partial charge in [-0.25, -0.2) is 0 Å². The van der Waals surface area contributed by atoms with E-state index in [1.165, 1.54) is 6.07 Å². The van der Waals surface area contributed by atoms with Crippen LogP contribution >= 0.6 is 19.2 Å². The standard InChI is InChI=1S/C12H16ClF3NO3P/c1-3-19-21(18,20-4-2)11(17)8-5-9(12(14,15)16)7-10(13)6-8/h5-7,11H,3-4,17H2,1-2H3/t11-/m0/s1. The lowest BCUT2D eigenvalue weighted by Gasteiger charge is -2.24. The van der Waals surface area contributed by atoms with E-state index in [1.807, 2.05) is 0 Å². The monoisotopic (exact) mass is 345 g/mol. The van der Waals surface area contributed by atoms with Crippen molar-refractivity contribution < 1.29 is 26.8 Å². The van der Waals surface area contributed by atoms with Crippen molar-refractivity contribution in [2.45, 2.75) is 25.8 Å². The molecule has 0 aliphatic carbocycles. The Balaban J connectivity index is 3.25. The quantitative estimate of drug-likeness (QED) is 0.766. The summed E-state index contributed by atoms with van der Waals surface area (Å²) >= 11 is 5.68. The Morgan fingerprint density at radius 3 is 2.19 bits per heavy atom. The third-order valence-corrected chi connectivity index (χ3v) is 4.98. The summed E-state index contributed by atoms with van der Waals surface area (Å²) < 4.78 is 60.9. The fourth-order valence-electron chi connectivity index (χ4n) is 1.69. The van der Waals surface area contributed by atoms with E-state index in [9.17, 15) is 17.7 Å². The van der Waals surface area contributed by atoms with E-state index in [0.717, 1.165) is 12.1 Å². The highest BCUT2D eigenvalue weighted by Gasteiger charge is 2.37. The van der Waals surface area contributed by atoms with Gasteiger partial charge in [0.05, 0.1) is 18.8 Å². The summed E-state index contributed by atoms with van der Waals surface area (Å²) in [6.45, 7) is 3.27. The van der Waals surface area contributed by atoms with Crippen LogP contribution in [-0.2, 0) is 19.8 Å². The number of benzene rings is 1. The SMILES string of the molecule is CCOP(=O)(OCC)[C@H](N)c1cc(Cl)cc(C(F)(F)F)c1.